The monoisotopic (exact) mass is 151 g/mol. The summed E-state index contributed by atoms with van der Waals surface area (Å²) in [5, 5.41) is 8.57. The molecule has 0 heterocycles. The molecule has 2 nitrogen and oxygen atoms in total. The smallest absolute Gasteiger partial charge is 0.0448 e. The van der Waals surface area contributed by atoms with Crippen LogP contribution in [0, 0.1) is 0 Å². The van der Waals surface area contributed by atoms with Gasteiger partial charge in [0.05, 0.1) is 0 Å². The molecule has 0 atom stereocenters. The highest BCUT2D eigenvalue weighted by Crippen LogP contribution is 2.17. The molecule has 0 aromatic carbocycles. The number of nitrogens with zero attached hydrogens (tertiary/aromatic N) is 1. The van der Waals surface area contributed by atoms with E-state index in [0.29, 0.717) is 6.42 Å². The SMILES string of the molecule is CN(Cl)C(C)(C)CCO. The lowest BCUT2D eigenvalue weighted by molar-refractivity contribution is 0.188. The molecule has 0 amide bonds. The second-order valence-electron chi connectivity index (χ2n) is 2.76. The van der Waals surface area contributed by atoms with Crippen LogP contribution in [0.15, 0.2) is 0 Å². The van der Waals surface area contributed by atoms with Gasteiger partial charge in [-0.1, -0.05) is 0 Å². The summed E-state index contributed by atoms with van der Waals surface area (Å²) in [7, 11) is 1.79. The molecular weight excluding hydrogens is 138 g/mol. The summed E-state index contributed by atoms with van der Waals surface area (Å²) in [5.74, 6) is 0. The summed E-state index contributed by atoms with van der Waals surface area (Å²) >= 11 is 5.67. The maximum Gasteiger partial charge on any atom is 0.0448 e. The number of hydrogen-bond donors (Lipinski definition) is 1. The molecule has 0 fully saturated rings. The van der Waals surface area contributed by atoms with Crippen LogP contribution >= 0.6 is 11.8 Å². The summed E-state index contributed by atoms with van der Waals surface area (Å²) in [6, 6.07) is 0. The minimum absolute atomic E-state index is 0.101. The van der Waals surface area contributed by atoms with Crippen LogP contribution in [-0.4, -0.2) is 28.7 Å². The van der Waals surface area contributed by atoms with Crippen molar-refractivity contribution in [1.29, 1.82) is 0 Å². The van der Waals surface area contributed by atoms with E-state index < -0.39 is 0 Å². The fraction of sp³-hybridized carbons (Fsp3) is 1.00. The summed E-state index contributed by atoms with van der Waals surface area (Å²) < 4.78 is 1.59. The van der Waals surface area contributed by atoms with E-state index in [-0.39, 0.29) is 12.1 Å². The van der Waals surface area contributed by atoms with Crippen molar-refractivity contribution in [3.8, 4) is 0 Å². The third-order valence-corrected chi connectivity index (χ3v) is 2.02. The van der Waals surface area contributed by atoms with Crippen LogP contribution in [0.3, 0.4) is 0 Å². The lowest BCUT2D eigenvalue weighted by Gasteiger charge is -2.28. The van der Waals surface area contributed by atoms with Crippen molar-refractivity contribution < 1.29 is 5.11 Å². The minimum atomic E-state index is -0.101. The molecule has 0 saturated carbocycles. The number of aliphatic hydroxyl groups excluding tert-OH is 1. The van der Waals surface area contributed by atoms with Crippen molar-refractivity contribution in [1.82, 2.24) is 4.42 Å². The summed E-state index contributed by atoms with van der Waals surface area (Å²) in [6.45, 7) is 4.15. The minimum Gasteiger partial charge on any atom is -0.396 e. The molecule has 0 bridgehead atoms. The molecule has 0 rings (SSSR count). The third kappa shape index (κ3) is 3.04. The molecule has 0 aliphatic carbocycles. The summed E-state index contributed by atoms with van der Waals surface area (Å²) in [5.41, 5.74) is -0.101. The number of halogens is 1. The Morgan fingerprint density at radius 1 is 1.56 bits per heavy atom. The largest absolute Gasteiger partial charge is 0.396 e. The van der Waals surface area contributed by atoms with Crippen molar-refractivity contribution in [3.63, 3.8) is 0 Å². The van der Waals surface area contributed by atoms with Crippen molar-refractivity contribution >= 4 is 11.8 Å². The molecule has 0 aliphatic rings. The molecular formula is C6H14ClNO. The van der Waals surface area contributed by atoms with Crippen molar-refractivity contribution in [2.75, 3.05) is 13.7 Å². The highest BCUT2D eigenvalue weighted by molar-refractivity contribution is 6.13. The number of aliphatic hydroxyl groups is 1. The van der Waals surface area contributed by atoms with Gasteiger partial charge in [0.2, 0.25) is 0 Å². The molecule has 0 radical (unpaired) electrons. The van der Waals surface area contributed by atoms with Gasteiger partial charge in [-0.3, -0.25) is 0 Å². The fourth-order valence-electron chi connectivity index (χ4n) is 0.428. The second kappa shape index (κ2) is 3.40. The maximum absolute atomic E-state index is 8.57. The molecule has 0 unspecified atom stereocenters. The topological polar surface area (TPSA) is 23.5 Å². The van der Waals surface area contributed by atoms with Crippen molar-refractivity contribution in [3.05, 3.63) is 0 Å². The molecule has 9 heavy (non-hydrogen) atoms. The normalized spacial score (nSPS) is 12.7. The van der Waals surface area contributed by atoms with Crippen LogP contribution < -0.4 is 0 Å². The number of rotatable bonds is 3. The van der Waals surface area contributed by atoms with Crippen LogP contribution in [0.25, 0.3) is 0 Å². The van der Waals surface area contributed by atoms with Crippen LogP contribution in [0.2, 0.25) is 0 Å². The molecule has 0 saturated heterocycles. The Hall–Kier alpha value is 0.210. The molecule has 3 heteroatoms. The summed E-state index contributed by atoms with van der Waals surface area (Å²) in [6.07, 6.45) is 0.701. The van der Waals surface area contributed by atoms with Crippen LogP contribution in [-0.2, 0) is 0 Å². The van der Waals surface area contributed by atoms with Crippen molar-refractivity contribution in [2.45, 2.75) is 25.8 Å². The quantitative estimate of drug-likeness (QED) is 0.614. The molecule has 1 N–H and O–H groups in total. The van der Waals surface area contributed by atoms with Gasteiger partial charge in [-0.25, -0.2) is 4.42 Å². The standard InChI is InChI=1S/C6H14ClNO/c1-6(2,4-5-9)8(3)7/h9H,4-5H2,1-3H3. The zero-order valence-electron chi connectivity index (χ0n) is 6.19. The van der Waals surface area contributed by atoms with Crippen LogP contribution in [0.5, 0.6) is 0 Å². The maximum atomic E-state index is 8.57. The van der Waals surface area contributed by atoms with Gasteiger partial charge >= 0.3 is 0 Å². The van der Waals surface area contributed by atoms with Gasteiger partial charge in [0.25, 0.3) is 0 Å². The first-order valence-electron chi connectivity index (χ1n) is 3.01. The Morgan fingerprint density at radius 2 is 2.00 bits per heavy atom. The predicted molar refractivity (Wildman–Crippen MR) is 39.4 cm³/mol. The molecule has 0 aliphatic heterocycles. The van der Waals surface area contributed by atoms with E-state index in [0.717, 1.165) is 0 Å². The first-order valence-corrected chi connectivity index (χ1v) is 3.35. The summed E-state index contributed by atoms with van der Waals surface area (Å²) in [4.78, 5) is 0. The van der Waals surface area contributed by atoms with E-state index in [1.54, 1.807) is 11.5 Å². The van der Waals surface area contributed by atoms with E-state index >= 15 is 0 Å². The number of hydrogen-bond acceptors (Lipinski definition) is 2. The zero-order valence-corrected chi connectivity index (χ0v) is 6.94. The van der Waals surface area contributed by atoms with E-state index in [2.05, 4.69) is 0 Å². The van der Waals surface area contributed by atoms with E-state index in [4.69, 9.17) is 16.9 Å². The highest BCUT2D eigenvalue weighted by Gasteiger charge is 2.20. The fourth-order valence-corrected chi connectivity index (χ4v) is 0.512. The van der Waals surface area contributed by atoms with E-state index in [1.807, 2.05) is 13.8 Å². The van der Waals surface area contributed by atoms with Crippen LogP contribution in [0.4, 0.5) is 0 Å². The Labute approximate surface area is 61.5 Å². The average Bonchev–Trinajstić information content (AvgIpc) is 1.65. The average molecular weight is 152 g/mol. The third-order valence-electron chi connectivity index (χ3n) is 1.56. The van der Waals surface area contributed by atoms with Gasteiger partial charge in [-0.2, -0.15) is 0 Å². The second-order valence-corrected chi connectivity index (χ2v) is 3.27. The van der Waals surface area contributed by atoms with Gasteiger partial charge in [-0.05, 0) is 32.0 Å². The van der Waals surface area contributed by atoms with Gasteiger partial charge < -0.3 is 5.11 Å². The molecule has 0 aromatic rings. The van der Waals surface area contributed by atoms with Gasteiger partial charge in [0, 0.05) is 19.2 Å². The Balaban J connectivity index is 3.70. The lowest BCUT2D eigenvalue weighted by Crippen LogP contribution is -2.35. The van der Waals surface area contributed by atoms with Crippen LogP contribution in [0.1, 0.15) is 20.3 Å². The molecule has 0 aromatic heterocycles. The van der Waals surface area contributed by atoms with Gasteiger partial charge in [-0.15, -0.1) is 0 Å². The first kappa shape index (κ1) is 9.21. The van der Waals surface area contributed by atoms with E-state index in [1.165, 1.54) is 0 Å². The zero-order chi connectivity index (χ0) is 7.49. The van der Waals surface area contributed by atoms with Gasteiger partial charge in [0.15, 0.2) is 0 Å². The van der Waals surface area contributed by atoms with E-state index in [9.17, 15) is 0 Å². The highest BCUT2D eigenvalue weighted by atomic mass is 35.5. The van der Waals surface area contributed by atoms with Crippen molar-refractivity contribution in [2.24, 2.45) is 0 Å². The first-order chi connectivity index (χ1) is 4.00. The molecule has 0 spiro atoms. The Kier molecular flexibility index (Phi) is 3.48. The molecule has 56 valence electrons. The Bertz CT molecular complexity index is 83.1. The lowest BCUT2D eigenvalue weighted by atomic mass is 10.0. The predicted octanol–water partition coefficient (Wildman–Crippen LogP) is 1.23. The van der Waals surface area contributed by atoms with Gasteiger partial charge in [0.1, 0.15) is 0 Å². The Morgan fingerprint density at radius 3 is 2.11 bits per heavy atom.